The molecule has 1 spiro atoms. The van der Waals surface area contributed by atoms with Gasteiger partial charge in [0.05, 0.1) is 19.8 Å². The topological polar surface area (TPSA) is 50.8 Å². The van der Waals surface area contributed by atoms with Crippen LogP contribution in [0.25, 0.3) is 0 Å². The Morgan fingerprint density at radius 3 is 2.48 bits per heavy atom. The lowest BCUT2D eigenvalue weighted by molar-refractivity contribution is -0.183. The molecule has 0 aromatic rings. The van der Waals surface area contributed by atoms with E-state index >= 15 is 0 Å². The van der Waals surface area contributed by atoms with Crippen LogP contribution in [0.4, 0.5) is 0 Å². The molecule has 1 aliphatic carbocycles. The quantitative estimate of drug-likeness (QED) is 0.812. The molecule has 2 fully saturated rings. The fourth-order valence-electron chi connectivity index (χ4n) is 3.18. The minimum Gasteiger partial charge on any atom is -0.355 e. The molecule has 0 unspecified atom stereocenters. The van der Waals surface area contributed by atoms with Gasteiger partial charge >= 0.3 is 0 Å². The van der Waals surface area contributed by atoms with E-state index in [9.17, 15) is 4.79 Å². The van der Waals surface area contributed by atoms with Crippen molar-refractivity contribution in [3.8, 4) is 0 Å². The van der Waals surface area contributed by atoms with Crippen LogP contribution in [0, 0.1) is 5.92 Å². The van der Waals surface area contributed by atoms with Gasteiger partial charge in [-0.3, -0.25) is 9.69 Å². The van der Waals surface area contributed by atoms with E-state index in [0.29, 0.717) is 18.5 Å². The highest BCUT2D eigenvalue weighted by molar-refractivity contribution is 5.77. The molecule has 5 nitrogen and oxygen atoms in total. The third-order valence-corrected chi connectivity index (χ3v) is 4.59. The molecule has 1 saturated heterocycles. The van der Waals surface area contributed by atoms with Gasteiger partial charge in [-0.1, -0.05) is 13.8 Å². The van der Waals surface area contributed by atoms with Crippen molar-refractivity contribution < 1.29 is 14.3 Å². The molecule has 0 radical (unpaired) electrons. The highest BCUT2D eigenvalue weighted by Crippen LogP contribution is 2.36. The Morgan fingerprint density at radius 1 is 1.29 bits per heavy atom. The number of ether oxygens (including phenoxy) is 2. The molecule has 0 aromatic heterocycles. The first kappa shape index (κ1) is 16.7. The van der Waals surface area contributed by atoms with E-state index in [0.717, 1.165) is 51.9 Å². The van der Waals surface area contributed by atoms with Crippen molar-refractivity contribution in [3.05, 3.63) is 0 Å². The summed E-state index contributed by atoms with van der Waals surface area (Å²) in [5.41, 5.74) is 0. The summed E-state index contributed by atoms with van der Waals surface area (Å²) in [6, 6.07) is 0.458. The van der Waals surface area contributed by atoms with Gasteiger partial charge in [-0.15, -0.1) is 0 Å². The third-order valence-electron chi connectivity index (χ3n) is 4.59. The van der Waals surface area contributed by atoms with Gasteiger partial charge in [-0.2, -0.15) is 0 Å². The molecular formula is C16H30N2O3. The van der Waals surface area contributed by atoms with Gasteiger partial charge in [0.15, 0.2) is 5.79 Å². The molecule has 2 rings (SSSR count). The molecule has 122 valence electrons. The SMILES string of the molecule is CC(C)CCNC(=O)CN(C)C1CCC2(CC1)OCCO2. The van der Waals surface area contributed by atoms with Crippen molar-refractivity contribution in [1.29, 1.82) is 0 Å². The lowest BCUT2D eigenvalue weighted by atomic mass is 9.89. The maximum atomic E-state index is 11.9. The van der Waals surface area contributed by atoms with E-state index in [4.69, 9.17) is 9.47 Å². The number of nitrogens with one attached hydrogen (secondary N) is 1. The summed E-state index contributed by atoms with van der Waals surface area (Å²) in [4.78, 5) is 14.1. The third kappa shape index (κ3) is 4.94. The molecule has 21 heavy (non-hydrogen) atoms. The van der Waals surface area contributed by atoms with Crippen LogP contribution in [0.1, 0.15) is 46.0 Å². The van der Waals surface area contributed by atoms with E-state index in [2.05, 4.69) is 24.1 Å². The maximum absolute atomic E-state index is 11.9. The second-order valence-corrected chi connectivity index (χ2v) is 6.79. The van der Waals surface area contributed by atoms with E-state index in [1.54, 1.807) is 0 Å². The van der Waals surface area contributed by atoms with Gasteiger partial charge in [0.1, 0.15) is 0 Å². The summed E-state index contributed by atoms with van der Waals surface area (Å²) >= 11 is 0. The standard InChI is InChI=1S/C16H30N2O3/c1-13(2)6-9-17-15(19)12-18(3)14-4-7-16(8-5-14)20-10-11-21-16/h13-14H,4-12H2,1-3H3,(H,17,19). The summed E-state index contributed by atoms with van der Waals surface area (Å²) in [5, 5.41) is 3.00. The van der Waals surface area contributed by atoms with E-state index < -0.39 is 0 Å². The second-order valence-electron chi connectivity index (χ2n) is 6.79. The highest BCUT2D eigenvalue weighted by atomic mass is 16.7. The van der Waals surface area contributed by atoms with Crippen LogP contribution in [0.5, 0.6) is 0 Å². The minimum absolute atomic E-state index is 0.131. The first-order valence-corrected chi connectivity index (χ1v) is 8.26. The number of amides is 1. The van der Waals surface area contributed by atoms with E-state index in [-0.39, 0.29) is 11.7 Å². The van der Waals surface area contributed by atoms with Crippen molar-refractivity contribution >= 4 is 5.91 Å². The van der Waals surface area contributed by atoms with Crippen molar-refractivity contribution in [1.82, 2.24) is 10.2 Å². The van der Waals surface area contributed by atoms with Gasteiger partial charge in [-0.25, -0.2) is 0 Å². The lowest BCUT2D eigenvalue weighted by Gasteiger charge is -2.38. The molecule has 0 bridgehead atoms. The molecule has 1 saturated carbocycles. The lowest BCUT2D eigenvalue weighted by Crippen LogP contribution is -2.46. The van der Waals surface area contributed by atoms with Crippen LogP contribution in [0.2, 0.25) is 0 Å². The first-order valence-electron chi connectivity index (χ1n) is 8.26. The molecule has 1 heterocycles. The van der Waals surface area contributed by atoms with Crippen molar-refractivity contribution in [2.24, 2.45) is 5.92 Å². The van der Waals surface area contributed by atoms with Gasteiger partial charge in [-0.05, 0) is 32.2 Å². The Hall–Kier alpha value is -0.650. The minimum atomic E-state index is -0.309. The van der Waals surface area contributed by atoms with Gasteiger partial charge < -0.3 is 14.8 Å². The predicted molar refractivity (Wildman–Crippen MR) is 82.0 cm³/mol. The Kier molecular flexibility index (Phi) is 6.02. The molecule has 1 amide bonds. The molecule has 0 atom stereocenters. The van der Waals surface area contributed by atoms with E-state index in [1.807, 2.05) is 7.05 Å². The summed E-state index contributed by atoms with van der Waals surface area (Å²) in [6.45, 7) is 7.04. The second kappa shape index (κ2) is 7.56. The zero-order valence-corrected chi connectivity index (χ0v) is 13.7. The Bertz CT molecular complexity index is 330. The zero-order valence-electron chi connectivity index (χ0n) is 13.7. The Balaban J connectivity index is 1.67. The number of carbonyl (C=O) groups is 1. The normalized spacial score (nSPS) is 22.3. The van der Waals surface area contributed by atoms with Gasteiger partial charge in [0.2, 0.25) is 5.91 Å². The number of likely N-dealkylation sites (N-methyl/N-ethyl adjacent to an activating group) is 1. The summed E-state index contributed by atoms with van der Waals surface area (Å²) in [7, 11) is 2.04. The van der Waals surface area contributed by atoms with Gasteiger partial charge in [0, 0.05) is 25.4 Å². The smallest absolute Gasteiger partial charge is 0.234 e. The number of nitrogens with zero attached hydrogens (tertiary/aromatic N) is 1. The summed E-state index contributed by atoms with van der Waals surface area (Å²) in [5.74, 6) is 0.451. The largest absolute Gasteiger partial charge is 0.355 e. The van der Waals surface area contributed by atoms with Crippen molar-refractivity contribution in [2.45, 2.75) is 57.8 Å². The number of rotatable bonds is 6. The first-order chi connectivity index (χ1) is 10.0. The number of hydrogen-bond donors (Lipinski definition) is 1. The van der Waals surface area contributed by atoms with Crippen LogP contribution in [-0.2, 0) is 14.3 Å². The zero-order chi connectivity index (χ0) is 15.3. The maximum Gasteiger partial charge on any atom is 0.234 e. The van der Waals surface area contributed by atoms with E-state index in [1.165, 1.54) is 0 Å². The average Bonchev–Trinajstić information content (AvgIpc) is 2.87. The average molecular weight is 298 g/mol. The van der Waals surface area contributed by atoms with Crippen molar-refractivity contribution in [3.63, 3.8) is 0 Å². The molecule has 0 aromatic carbocycles. The summed E-state index contributed by atoms with van der Waals surface area (Å²) < 4.78 is 11.5. The highest BCUT2D eigenvalue weighted by Gasteiger charge is 2.41. The molecule has 2 aliphatic rings. The van der Waals surface area contributed by atoms with Crippen LogP contribution in [-0.4, -0.2) is 56.0 Å². The fourth-order valence-corrected chi connectivity index (χ4v) is 3.18. The van der Waals surface area contributed by atoms with Crippen LogP contribution >= 0.6 is 0 Å². The monoisotopic (exact) mass is 298 g/mol. The molecular weight excluding hydrogens is 268 g/mol. The van der Waals surface area contributed by atoms with Crippen molar-refractivity contribution in [2.75, 3.05) is 33.4 Å². The Labute approximate surface area is 128 Å². The number of carbonyl (C=O) groups excluding carboxylic acids is 1. The molecule has 1 N–H and O–H groups in total. The van der Waals surface area contributed by atoms with Gasteiger partial charge in [0.25, 0.3) is 0 Å². The van der Waals surface area contributed by atoms with Crippen LogP contribution in [0.3, 0.4) is 0 Å². The molecule has 1 aliphatic heterocycles. The predicted octanol–water partition coefficient (Wildman–Crippen LogP) is 1.77. The Morgan fingerprint density at radius 2 is 1.90 bits per heavy atom. The van der Waals surface area contributed by atoms with Crippen LogP contribution in [0.15, 0.2) is 0 Å². The summed E-state index contributed by atoms with van der Waals surface area (Å²) in [6.07, 6.45) is 5.00. The van der Waals surface area contributed by atoms with Crippen LogP contribution < -0.4 is 5.32 Å². The fraction of sp³-hybridized carbons (Fsp3) is 0.938. The molecule has 5 heteroatoms. The number of hydrogen-bond acceptors (Lipinski definition) is 4.